The molecule has 1 N–H and O–H groups in total. The molecule has 4 aromatic rings. The molecule has 150 valence electrons. The Balaban J connectivity index is 1.40. The van der Waals surface area contributed by atoms with Gasteiger partial charge in [-0.15, -0.1) is 0 Å². The van der Waals surface area contributed by atoms with Crippen molar-refractivity contribution < 1.29 is 14.3 Å². The van der Waals surface area contributed by atoms with E-state index < -0.39 is 0 Å². The zero-order valence-electron chi connectivity index (χ0n) is 16.0. The Labute approximate surface area is 178 Å². The third-order valence-corrected chi connectivity index (χ3v) is 5.30. The number of hydrogen-bond acceptors (Lipinski definition) is 4. The van der Waals surface area contributed by atoms with E-state index in [1.54, 1.807) is 29.1 Å². The van der Waals surface area contributed by atoms with Gasteiger partial charge in [0.15, 0.2) is 11.5 Å². The maximum Gasteiger partial charge on any atom is 0.257 e. The quantitative estimate of drug-likeness (QED) is 0.518. The van der Waals surface area contributed by atoms with Gasteiger partial charge in [0.2, 0.25) is 0 Å². The average molecular weight is 420 g/mol. The fourth-order valence-electron chi connectivity index (χ4n) is 3.59. The van der Waals surface area contributed by atoms with Crippen LogP contribution in [0.3, 0.4) is 0 Å². The number of nitrogens with one attached hydrogen (secondary N) is 1. The molecule has 6 nitrogen and oxygen atoms in total. The summed E-state index contributed by atoms with van der Waals surface area (Å²) in [6.07, 6.45) is 1.66. The van der Waals surface area contributed by atoms with Crippen LogP contribution >= 0.6 is 11.6 Å². The molecule has 1 aliphatic rings. The van der Waals surface area contributed by atoms with E-state index >= 15 is 0 Å². The van der Waals surface area contributed by atoms with E-state index in [0.29, 0.717) is 47.7 Å². The van der Waals surface area contributed by atoms with Gasteiger partial charge >= 0.3 is 0 Å². The van der Waals surface area contributed by atoms with Gasteiger partial charge in [-0.1, -0.05) is 54.1 Å². The zero-order chi connectivity index (χ0) is 20.5. The molecule has 1 aromatic heterocycles. The number of fused-ring (bicyclic) bond motifs is 2. The fourth-order valence-corrected chi connectivity index (χ4v) is 3.85. The summed E-state index contributed by atoms with van der Waals surface area (Å²) in [5.41, 5.74) is 1.51. The first-order valence-electron chi connectivity index (χ1n) is 9.58. The number of aromatic nitrogens is 2. The van der Waals surface area contributed by atoms with Gasteiger partial charge in [-0.05, 0) is 28.5 Å². The van der Waals surface area contributed by atoms with Crippen molar-refractivity contribution in [1.29, 1.82) is 0 Å². The SMILES string of the molecule is O=C(Nc1ccnn1Cc1cccc2ccccc12)c1cc(Cl)c2c(c1)OCCO2. The molecular formula is C23H18ClN3O3. The van der Waals surface area contributed by atoms with E-state index in [0.717, 1.165) is 10.9 Å². The van der Waals surface area contributed by atoms with Crippen molar-refractivity contribution in [3.05, 3.63) is 83.0 Å². The van der Waals surface area contributed by atoms with Crippen LogP contribution in [-0.2, 0) is 6.54 Å². The minimum Gasteiger partial charge on any atom is -0.486 e. The minimum atomic E-state index is -0.298. The Morgan fingerprint density at radius 1 is 1.07 bits per heavy atom. The molecule has 0 fully saturated rings. The summed E-state index contributed by atoms with van der Waals surface area (Å²) in [7, 11) is 0. The predicted octanol–water partition coefficient (Wildman–Crippen LogP) is 4.76. The summed E-state index contributed by atoms with van der Waals surface area (Å²) in [5.74, 6) is 1.25. The molecule has 0 saturated heterocycles. The highest BCUT2D eigenvalue weighted by Crippen LogP contribution is 2.38. The van der Waals surface area contributed by atoms with E-state index in [-0.39, 0.29) is 5.91 Å². The molecule has 0 atom stereocenters. The highest BCUT2D eigenvalue weighted by molar-refractivity contribution is 6.32. The van der Waals surface area contributed by atoms with Gasteiger partial charge in [-0.2, -0.15) is 5.10 Å². The Hall–Kier alpha value is -3.51. The third-order valence-electron chi connectivity index (χ3n) is 5.02. The molecule has 0 saturated carbocycles. The molecule has 7 heteroatoms. The molecule has 1 aliphatic heterocycles. The molecule has 0 aliphatic carbocycles. The lowest BCUT2D eigenvalue weighted by molar-refractivity contribution is 0.102. The summed E-state index contributed by atoms with van der Waals surface area (Å²) < 4.78 is 12.8. The number of amides is 1. The Bertz CT molecular complexity index is 1250. The molecule has 0 radical (unpaired) electrons. The topological polar surface area (TPSA) is 65.4 Å². The first kappa shape index (κ1) is 18.5. The summed E-state index contributed by atoms with van der Waals surface area (Å²) in [4.78, 5) is 12.9. The van der Waals surface area contributed by atoms with Crippen LogP contribution in [0.1, 0.15) is 15.9 Å². The number of ether oxygens (including phenoxy) is 2. The van der Waals surface area contributed by atoms with Crippen molar-refractivity contribution in [1.82, 2.24) is 9.78 Å². The lowest BCUT2D eigenvalue weighted by atomic mass is 10.0. The molecule has 30 heavy (non-hydrogen) atoms. The van der Waals surface area contributed by atoms with E-state index in [4.69, 9.17) is 21.1 Å². The average Bonchev–Trinajstić information content (AvgIpc) is 3.20. The third kappa shape index (κ3) is 3.46. The lowest BCUT2D eigenvalue weighted by Crippen LogP contribution is -2.19. The fraction of sp³-hybridized carbons (Fsp3) is 0.130. The monoisotopic (exact) mass is 419 g/mol. The number of benzene rings is 3. The molecular weight excluding hydrogens is 402 g/mol. The van der Waals surface area contributed by atoms with Gasteiger partial charge in [-0.25, -0.2) is 4.68 Å². The van der Waals surface area contributed by atoms with E-state index in [9.17, 15) is 4.79 Å². The number of rotatable bonds is 4. The van der Waals surface area contributed by atoms with Crippen LogP contribution in [0.5, 0.6) is 11.5 Å². The molecule has 0 unspecified atom stereocenters. The Morgan fingerprint density at radius 2 is 1.90 bits per heavy atom. The molecule has 1 amide bonds. The molecule has 0 spiro atoms. The summed E-state index contributed by atoms with van der Waals surface area (Å²) in [6.45, 7) is 1.39. The molecule has 3 aromatic carbocycles. The Morgan fingerprint density at radius 3 is 2.83 bits per heavy atom. The van der Waals surface area contributed by atoms with Crippen LogP contribution in [0.25, 0.3) is 10.8 Å². The first-order chi connectivity index (χ1) is 14.7. The van der Waals surface area contributed by atoms with Gasteiger partial charge in [0.25, 0.3) is 5.91 Å². The van der Waals surface area contributed by atoms with Crippen molar-refractivity contribution >= 4 is 34.1 Å². The van der Waals surface area contributed by atoms with E-state index in [1.807, 2.05) is 18.2 Å². The van der Waals surface area contributed by atoms with Gasteiger partial charge in [0.05, 0.1) is 17.8 Å². The van der Waals surface area contributed by atoms with Crippen LogP contribution in [0.4, 0.5) is 5.82 Å². The van der Waals surface area contributed by atoms with Crippen LogP contribution in [-0.4, -0.2) is 28.9 Å². The summed E-state index contributed by atoms with van der Waals surface area (Å²) in [6, 6.07) is 19.4. The van der Waals surface area contributed by atoms with Crippen LogP contribution < -0.4 is 14.8 Å². The lowest BCUT2D eigenvalue weighted by Gasteiger charge is -2.20. The van der Waals surface area contributed by atoms with Crippen LogP contribution in [0.2, 0.25) is 5.02 Å². The summed E-state index contributed by atoms with van der Waals surface area (Å²) >= 11 is 6.26. The molecule has 5 rings (SSSR count). The second kappa shape index (κ2) is 7.72. The second-order valence-electron chi connectivity index (χ2n) is 6.95. The van der Waals surface area contributed by atoms with Crippen molar-refractivity contribution in [3.63, 3.8) is 0 Å². The maximum atomic E-state index is 12.9. The first-order valence-corrected chi connectivity index (χ1v) is 9.96. The number of hydrogen-bond donors (Lipinski definition) is 1. The van der Waals surface area contributed by atoms with Crippen molar-refractivity contribution in [3.8, 4) is 11.5 Å². The normalized spacial score (nSPS) is 12.7. The van der Waals surface area contributed by atoms with Crippen molar-refractivity contribution in [2.24, 2.45) is 0 Å². The number of carbonyl (C=O) groups is 1. The highest BCUT2D eigenvalue weighted by atomic mass is 35.5. The van der Waals surface area contributed by atoms with Crippen molar-refractivity contribution in [2.45, 2.75) is 6.54 Å². The number of anilines is 1. The van der Waals surface area contributed by atoms with Gasteiger partial charge in [0, 0.05) is 11.6 Å². The maximum absolute atomic E-state index is 12.9. The number of halogens is 1. The van der Waals surface area contributed by atoms with Gasteiger partial charge < -0.3 is 14.8 Å². The smallest absolute Gasteiger partial charge is 0.257 e. The van der Waals surface area contributed by atoms with Gasteiger partial charge in [0.1, 0.15) is 19.0 Å². The van der Waals surface area contributed by atoms with Crippen LogP contribution in [0, 0.1) is 0 Å². The van der Waals surface area contributed by atoms with E-state index in [2.05, 4.69) is 34.7 Å². The second-order valence-corrected chi connectivity index (χ2v) is 7.36. The number of nitrogens with zero attached hydrogens (tertiary/aromatic N) is 2. The highest BCUT2D eigenvalue weighted by Gasteiger charge is 2.20. The zero-order valence-corrected chi connectivity index (χ0v) is 16.7. The van der Waals surface area contributed by atoms with Crippen molar-refractivity contribution in [2.75, 3.05) is 18.5 Å². The molecule has 0 bridgehead atoms. The molecule has 2 heterocycles. The van der Waals surface area contributed by atoms with Gasteiger partial charge in [-0.3, -0.25) is 4.79 Å². The Kier molecular flexibility index (Phi) is 4.77. The minimum absolute atomic E-state index is 0.298. The van der Waals surface area contributed by atoms with Crippen LogP contribution in [0.15, 0.2) is 66.9 Å². The number of carbonyl (C=O) groups excluding carboxylic acids is 1. The summed E-state index contributed by atoms with van der Waals surface area (Å²) in [5, 5.41) is 9.97. The van der Waals surface area contributed by atoms with E-state index in [1.165, 1.54) is 5.39 Å². The standard InChI is InChI=1S/C23H18ClN3O3/c24-19-12-17(13-20-22(19)30-11-10-29-20)23(28)26-21-8-9-25-27(21)14-16-6-3-5-15-4-1-2-7-18(15)16/h1-9,12-13H,10-11,14H2,(H,26,28). The predicted molar refractivity (Wildman–Crippen MR) is 116 cm³/mol. The largest absolute Gasteiger partial charge is 0.486 e.